The van der Waals surface area contributed by atoms with Crippen molar-refractivity contribution < 1.29 is 9.15 Å². The minimum absolute atomic E-state index is 0.191. The number of halogens is 1. The second-order valence-corrected chi connectivity index (χ2v) is 7.09. The smallest absolute Gasteiger partial charge is 0.199 e. The molecule has 0 aliphatic carbocycles. The molecule has 0 saturated carbocycles. The lowest BCUT2D eigenvalue weighted by Crippen LogP contribution is -2.19. The van der Waals surface area contributed by atoms with Gasteiger partial charge in [0, 0.05) is 12.2 Å². The average Bonchev–Trinajstić information content (AvgIpc) is 3.42. The van der Waals surface area contributed by atoms with Crippen molar-refractivity contribution in [3.8, 4) is 23.4 Å². The van der Waals surface area contributed by atoms with E-state index in [4.69, 9.17) is 25.7 Å². The van der Waals surface area contributed by atoms with E-state index in [0.717, 1.165) is 24.8 Å². The summed E-state index contributed by atoms with van der Waals surface area (Å²) in [5.41, 5.74) is 2.01. The summed E-state index contributed by atoms with van der Waals surface area (Å²) >= 11 is 6.46. The van der Waals surface area contributed by atoms with Crippen LogP contribution in [-0.4, -0.2) is 26.1 Å². The second kappa shape index (κ2) is 7.70. The van der Waals surface area contributed by atoms with Crippen molar-refractivity contribution in [2.45, 2.75) is 25.5 Å². The number of fused-ring (bicyclic) bond motifs is 1. The highest BCUT2D eigenvalue weighted by Gasteiger charge is 2.25. The summed E-state index contributed by atoms with van der Waals surface area (Å²) in [6.45, 7) is 0.694. The van der Waals surface area contributed by atoms with Gasteiger partial charge in [0.05, 0.1) is 6.26 Å². The van der Waals surface area contributed by atoms with Crippen LogP contribution in [0.25, 0.3) is 22.7 Å². The zero-order valence-corrected chi connectivity index (χ0v) is 16.3. The van der Waals surface area contributed by atoms with Gasteiger partial charge in [0.15, 0.2) is 28.2 Å². The number of nitrogens with zero attached hydrogens (tertiary/aromatic N) is 4. The molecule has 1 fully saturated rings. The molecule has 0 radical (unpaired) electrons. The lowest BCUT2D eigenvalue weighted by molar-refractivity contribution is -0.0302. The molecule has 1 saturated heterocycles. The molecular formula is C22H17ClN4O2. The molecule has 1 aliphatic rings. The van der Waals surface area contributed by atoms with E-state index < -0.39 is 0 Å². The quantitative estimate of drug-likeness (QED) is 0.353. The predicted molar refractivity (Wildman–Crippen MR) is 109 cm³/mol. The number of hydrogen-bond donors (Lipinski definition) is 0. The molecule has 0 amide bonds. The van der Waals surface area contributed by atoms with Crippen LogP contribution in [0, 0.1) is 11.8 Å². The van der Waals surface area contributed by atoms with Crippen LogP contribution in [0.3, 0.4) is 0 Å². The van der Waals surface area contributed by atoms with Gasteiger partial charge in [-0.15, -0.1) is 0 Å². The first kappa shape index (κ1) is 17.9. The lowest BCUT2D eigenvalue weighted by atomic mass is 10.2. The van der Waals surface area contributed by atoms with Crippen LogP contribution in [0.5, 0.6) is 0 Å². The van der Waals surface area contributed by atoms with Crippen molar-refractivity contribution in [3.05, 3.63) is 65.3 Å². The Kier molecular flexibility index (Phi) is 4.76. The molecule has 3 aromatic heterocycles. The number of furan rings is 1. The molecular weight excluding hydrogens is 388 g/mol. The van der Waals surface area contributed by atoms with E-state index in [9.17, 15) is 0 Å². The van der Waals surface area contributed by atoms with Gasteiger partial charge in [-0.25, -0.2) is 15.0 Å². The minimum Gasteiger partial charge on any atom is -0.461 e. The third-order valence-corrected chi connectivity index (χ3v) is 5.04. The van der Waals surface area contributed by atoms with Crippen LogP contribution in [0.4, 0.5) is 0 Å². The van der Waals surface area contributed by atoms with E-state index in [1.165, 1.54) is 0 Å². The molecule has 144 valence electrons. The van der Waals surface area contributed by atoms with E-state index in [1.54, 1.807) is 18.4 Å². The zero-order valence-electron chi connectivity index (χ0n) is 15.5. The number of rotatable bonds is 2. The fourth-order valence-electron chi connectivity index (χ4n) is 3.39. The molecule has 1 unspecified atom stereocenters. The van der Waals surface area contributed by atoms with E-state index in [-0.39, 0.29) is 11.4 Å². The van der Waals surface area contributed by atoms with E-state index >= 15 is 0 Å². The first-order valence-corrected chi connectivity index (χ1v) is 9.85. The zero-order chi connectivity index (χ0) is 19.6. The predicted octanol–water partition coefficient (Wildman–Crippen LogP) is 4.84. The Morgan fingerprint density at radius 2 is 1.90 bits per heavy atom. The van der Waals surface area contributed by atoms with Gasteiger partial charge in [-0.05, 0) is 49.4 Å². The Bertz CT molecular complexity index is 1200. The third kappa shape index (κ3) is 3.51. The third-order valence-electron chi connectivity index (χ3n) is 4.77. The summed E-state index contributed by atoms with van der Waals surface area (Å²) in [6, 6.07) is 13.4. The monoisotopic (exact) mass is 404 g/mol. The van der Waals surface area contributed by atoms with Gasteiger partial charge < -0.3 is 9.15 Å². The molecule has 4 aromatic rings. The largest absolute Gasteiger partial charge is 0.461 e. The van der Waals surface area contributed by atoms with Crippen LogP contribution < -0.4 is 0 Å². The van der Waals surface area contributed by atoms with Gasteiger partial charge >= 0.3 is 0 Å². The summed E-state index contributed by atoms with van der Waals surface area (Å²) in [4.78, 5) is 13.7. The minimum atomic E-state index is -0.191. The maximum Gasteiger partial charge on any atom is 0.199 e. The number of hydrogen-bond acceptors (Lipinski definition) is 5. The van der Waals surface area contributed by atoms with Crippen LogP contribution in [0.2, 0.25) is 5.15 Å². The van der Waals surface area contributed by atoms with Gasteiger partial charge in [0.1, 0.15) is 11.7 Å². The molecule has 7 heteroatoms. The Labute approximate surface area is 172 Å². The Hall–Kier alpha value is -3.14. The molecule has 0 N–H and O–H groups in total. The summed E-state index contributed by atoms with van der Waals surface area (Å²) in [7, 11) is 0. The van der Waals surface area contributed by atoms with Gasteiger partial charge in [-0.3, -0.25) is 4.57 Å². The van der Waals surface area contributed by atoms with Crippen LogP contribution in [0.15, 0.2) is 53.1 Å². The highest BCUT2D eigenvalue weighted by Crippen LogP contribution is 2.31. The Morgan fingerprint density at radius 1 is 1.00 bits per heavy atom. The fraction of sp³-hybridized carbons (Fsp3) is 0.227. The summed E-state index contributed by atoms with van der Waals surface area (Å²) in [5, 5.41) is 0.263. The number of benzene rings is 1. The van der Waals surface area contributed by atoms with E-state index in [2.05, 4.69) is 21.8 Å². The van der Waals surface area contributed by atoms with Crippen molar-refractivity contribution in [1.82, 2.24) is 19.5 Å². The van der Waals surface area contributed by atoms with Crippen molar-refractivity contribution in [3.63, 3.8) is 0 Å². The lowest BCUT2D eigenvalue weighted by Gasteiger charge is -2.24. The van der Waals surface area contributed by atoms with E-state index in [0.29, 0.717) is 35.2 Å². The molecule has 0 bridgehead atoms. The summed E-state index contributed by atoms with van der Waals surface area (Å²) < 4.78 is 13.4. The number of ether oxygens (including phenoxy) is 1. The van der Waals surface area contributed by atoms with Crippen molar-refractivity contribution in [1.29, 1.82) is 0 Å². The van der Waals surface area contributed by atoms with Crippen molar-refractivity contribution in [2.24, 2.45) is 0 Å². The summed E-state index contributed by atoms with van der Waals surface area (Å²) in [5.74, 6) is 7.85. The van der Waals surface area contributed by atoms with Gasteiger partial charge in [-0.2, -0.15) is 0 Å². The van der Waals surface area contributed by atoms with Crippen LogP contribution in [0.1, 0.15) is 36.9 Å². The standard InChI is InChI=1S/C22H17ClN4O2/c23-20-19-22(26-21(25-20)16-9-6-14-28-16)27(18-10-4-5-13-29-18)17(24-19)12-11-15-7-2-1-3-8-15/h1-3,6-9,14,18H,4-5,10,13H2. The molecule has 6 nitrogen and oxygen atoms in total. The van der Waals surface area contributed by atoms with Crippen LogP contribution in [-0.2, 0) is 4.74 Å². The second-order valence-electron chi connectivity index (χ2n) is 6.73. The number of imidazole rings is 1. The number of aromatic nitrogens is 4. The Morgan fingerprint density at radius 3 is 2.66 bits per heavy atom. The molecule has 1 aliphatic heterocycles. The molecule has 1 aromatic carbocycles. The topological polar surface area (TPSA) is 66.0 Å². The molecule has 4 heterocycles. The maximum atomic E-state index is 6.46. The van der Waals surface area contributed by atoms with Gasteiger partial charge in [-0.1, -0.05) is 35.7 Å². The highest BCUT2D eigenvalue weighted by atomic mass is 35.5. The van der Waals surface area contributed by atoms with Crippen LogP contribution >= 0.6 is 11.6 Å². The highest BCUT2D eigenvalue weighted by molar-refractivity contribution is 6.33. The first-order chi connectivity index (χ1) is 14.3. The van der Waals surface area contributed by atoms with Gasteiger partial charge in [0.25, 0.3) is 0 Å². The molecule has 1 atom stereocenters. The average molecular weight is 405 g/mol. The SMILES string of the molecule is Clc1nc(-c2ccco2)nc2c1nc(C#Cc1ccccc1)n2C1CCCCO1. The van der Waals surface area contributed by atoms with Gasteiger partial charge in [0.2, 0.25) is 0 Å². The molecule has 0 spiro atoms. The maximum absolute atomic E-state index is 6.46. The molecule has 29 heavy (non-hydrogen) atoms. The normalized spacial score (nSPS) is 16.5. The van der Waals surface area contributed by atoms with Crippen molar-refractivity contribution >= 4 is 22.8 Å². The fourth-order valence-corrected chi connectivity index (χ4v) is 3.60. The first-order valence-electron chi connectivity index (χ1n) is 9.47. The molecule has 5 rings (SSSR count). The van der Waals surface area contributed by atoms with E-state index in [1.807, 2.05) is 34.9 Å². The van der Waals surface area contributed by atoms with Crippen molar-refractivity contribution in [2.75, 3.05) is 6.61 Å². The summed E-state index contributed by atoms with van der Waals surface area (Å²) in [6.07, 6.45) is 4.36. The Balaban J connectivity index is 1.69.